The number of amides is 2. The normalized spacial score (nSPS) is 18.9. The quantitative estimate of drug-likeness (QED) is 0.930. The Morgan fingerprint density at radius 1 is 1.40 bits per heavy atom. The van der Waals surface area contributed by atoms with E-state index in [0.29, 0.717) is 29.6 Å². The largest absolute Gasteiger partial charge is 0.353 e. The van der Waals surface area contributed by atoms with Gasteiger partial charge in [0.15, 0.2) is 0 Å². The highest BCUT2D eigenvalue weighted by Crippen LogP contribution is 2.23. The van der Waals surface area contributed by atoms with E-state index >= 15 is 0 Å². The predicted octanol–water partition coefficient (Wildman–Crippen LogP) is 2.27. The summed E-state index contributed by atoms with van der Waals surface area (Å²) in [6, 6.07) is 4.76. The smallest absolute Gasteiger partial charge is 0.242 e. The molecule has 1 aromatic rings. The average Bonchev–Trinajstić information content (AvgIpc) is 2.42. The van der Waals surface area contributed by atoms with Gasteiger partial charge in [0, 0.05) is 13.1 Å². The van der Waals surface area contributed by atoms with Crippen molar-refractivity contribution in [3.63, 3.8) is 0 Å². The van der Waals surface area contributed by atoms with E-state index in [-0.39, 0.29) is 24.3 Å². The first-order valence-electron chi connectivity index (χ1n) is 6.54. The summed E-state index contributed by atoms with van der Waals surface area (Å²) in [6.07, 6.45) is 0.833. The Morgan fingerprint density at radius 3 is 2.80 bits per heavy atom. The van der Waals surface area contributed by atoms with Gasteiger partial charge in [-0.15, -0.1) is 0 Å². The first kappa shape index (κ1) is 15.1. The molecule has 0 spiro atoms. The fourth-order valence-corrected chi connectivity index (χ4v) is 2.67. The lowest BCUT2D eigenvalue weighted by Crippen LogP contribution is -2.57. The molecule has 1 fully saturated rings. The van der Waals surface area contributed by atoms with Crippen LogP contribution in [-0.4, -0.2) is 35.8 Å². The summed E-state index contributed by atoms with van der Waals surface area (Å²) in [6.45, 7) is 2.95. The molecule has 1 aromatic carbocycles. The lowest BCUT2D eigenvalue weighted by atomic mass is 10.1. The maximum Gasteiger partial charge on any atom is 0.242 e. The third-order valence-electron chi connectivity index (χ3n) is 3.38. The molecule has 1 aliphatic heterocycles. The van der Waals surface area contributed by atoms with Crippen molar-refractivity contribution in [2.45, 2.75) is 25.8 Å². The standard InChI is InChI=1S/C14H16Cl2N2O2/c1-2-12-14(20)17-5-6-18(12)13(19)8-9-3-4-10(15)11(16)7-9/h3-4,7,12H,2,5-6,8H2,1H3,(H,17,20). The molecule has 1 saturated heterocycles. The molecule has 0 aromatic heterocycles. The number of carbonyl (C=O) groups is 2. The molecule has 6 heteroatoms. The lowest BCUT2D eigenvalue weighted by Gasteiger charge is -2.34. The second-order valence-corrected chi connectivity index (χ2v) is 5.54. The molecular weight excluding hydrogens is 299 g/mol. The van der Waals surface area contributed by atoms with Gasteiger partial charge in [0.25, 0.3) is 0 Å². The van der Waals surface area contributed by atoms with Crippen LogP contribution in [0.5, 0.6) is 0 Å². The highest BCUT2D eigenvalue weighted by atomic mass is 35.5. The van der Waals surface area contributed by atoms with Gasteiger partial charge in [0.05, 0.1) is 16.5 Å². The summed E-state index contributed by atoms with van der Waals surface area (Å²) in [5, 5.41) is 3.67. The van der Waals surface area contributed by atoms with Crippen LogP contribution in [0.2, 0.25) is 10.0 Å². The van der Waals surface area contributed by atoms with Crippen molar-refractivity contribution in [1.82, 2.24) is 10.2 Å². The minimum absolute atomic E-state index is 0.0647. The Morgan fingerprint density at radius 2 is 2.15 bits per heavy atom. The van der Waals surface area contributed by atoms with Crippen molar-refractivity contribution < 1.29 is 9.59 Å². The zero-order valence-electron chi connectivity index (χ0n) is 11.2. The van der Waals surface area contributed by atoms with E-state index in [0.717, 1.165) is 5.56 Å². The van der Waals surface area contributed by atoms with E-state index in [2.05, 4.69) is 5.32 Å². The summed E-state index contributed by atoms with van der Waals surface area (Å²) in [4.78, 5) is 25.7. The molecule has 1 atom stereocenters. The van der Waals surface area contributed by atoms with Crippen LogP contribution in [0, 0.1) is 0 Å². The van der Waals surface area contributed by atoms with Gasteiger partial charge in [-0.1, -0.05) is 36.2 Å². The molecule has 1 heterocycles. The second-order valence-electron chi connectivity index (χ2n) is 4.73. The SMILES string of the molecule is CCC1C(=O)NCCN1C(=O)Cc1ccc(Cl)c(Cl)c1. The lowest BCUT2D eigenvalue weighted by molar-refractivity contribution is -0.142. The first-order chi connectivity index (χ1) is 9.52. The van der Waals surface area contributed by atoms with Crippen LogP contribution >= 0.6 is 23.2 Å². The molecule has 0 radical (unpaired) electrons. The Balaban J connectivity index is 2.10. The number of piperazine rings is 1. The van der Waals surface area contributed by atoms with Gasteiger partial charge in [-0.3, -0.25) is 9.59 Å². The monoisotopic (exact) mass is 314 g/mol. The van der Waals surface area contributed by atoms with Crippen LogP contribution in [0.3, 0.4) is 0 Å². The summed E-state index contributed by atoms with van der Waals surface area (Å²) < 4.78 is 0. The fraction of sp³-hybridized carbons (Fsp3) is 0.429. The summed E-state index contributed by atoms with van der Waals surface area (Å²) in [5.74, 6) is -0.147. The third-order valence-corrected chi connectivity index (χ3v) is 4.12. The average molecular weight is 315 g/mol. The van der Waals surface area contributed by atoms with Crippen molar-refractivity contribution in [3.05, 3.63) is 33.8 Å². The number of carbonyl (C=O) groups excluding carboxylic acids is 2. The van der Waals surface area contributed by atoms with E-state index in [1.165, 1.54) is 0 Å². The molecule has 1 N–H and O–H groups in total. The van der Waals surface area contributed by atoms with Crippen molar-refractivity contribution in [1.29, 1.82) is 0 Å². The number of benzene rings is 1. The zero-order valence-corrected chi connectivity index (χ0v) is 12.7. The van der Waals surface area contributed by atoms with Gasteiger partial charge < -0.3 is 10.2 Å². The highest BCUT2D eigenvalue weighted by Gasteiger charge is 2.31. The van der Waals surface area contributed by atoms with Gasteiger partial charge >= 0.3 is 0 Å². The number of halogens is 2. The highest BCUT2D eigenvalue weighted by molar-refractivity contribution is 6.42. The molecule has 108 valence electrons. The second kappa shape index (κ2) is 6.46. The molecular formula is C14H16Cl2N2O2. The van der Waals surface area contributed by atoms with Crippen molar-refractivity contribution >= 4 is 35.0 Å². The molecule has 0 bridgehead atoms. The number of nitrogens with one attached hydrogen (secondary N) is 1. The Kier molecular flexibility index (Phi) is 4.89. The van der Waals surface area contributed by atoms with Crippen molar-refractivity contribution in [2.75, 3.05) is 13.1 Å². The molecule has 2 rings (SSSR count). The Bertz CT molecular complexity index is 534. The van der Waals surface area contributed by atoms with E-state index in [1.807, 2.05) is 6.92 Å². The van der Waals surface area contributed by atoms with Crippen LogP contribution in [0.4, 0.5) is 0 Å². The Labute approximate surface area is 128 Å². The van der Waals surface area contributed by atoms with Crippen molar-refractivity contribution in [2.24, 2.45) is 0 Å². The molecule has 4 nitrogen and oxygen atoms in total. The number of nitrogens with zero attached hydrogens (tertiary/aromatic N) is 1. The maximum absolute atomic E-state index is 12.3. The van der Waals surface area contributed by atoms with Crippen LogP contribution in [0.25, 0.3) is 0 Å². The first-order valence-corrected chi connectivity index (χ1v) is 7.29. The summed E-state index contributed by atoms with van der Waals surface area (Å²) in [5.41, 5.74) is 0.797. The topological polar surface area (TPSA) is 49.4 Å². The fourth-order valence-electron chi connectivity index (χ4n) is 2.34. The van der Waals surface area contributed by atoms with E-state index in [4.69, 9.17) is 23.2 Å². The maximum atomic E-state index is 12.3. The van der Waals surface area contributed by atoms with E-state index in [9.17, 15) is 9.59 Å². The predicted molar refractivity (Wildman–Crippen MR) is 79.0 cm³/mol. The molecule has 0 saturated carbocycles. The van der Waals surface area contributed by atoms with Crippen LogP contribution < -0.4 is 5.32 Å². The number of hydrogen-bond acceptors (Lipinski definition) is 2. The molecule has 0 aliphatic carbocycles. The van der Waals surface area contributed by atoms with Gasteiger partial charge in [-0.2, -0.15) is 0 Å². The third kappa shape index (κ3) is 3.25. The molecule has 20 heavy (non-hydrogen) atoms. The molecule has 1 unspecified atom stereocenters. The molecule has 2 amide bonds. The van der Waals surface area contributed by atoms with E-state index in [1.54, 1.807) is 23.1 Å². The van der Waals surface area contributed by atoms with Crippen LogP contribution in [-0.2, 0) is 16.0 Å². The summed E-state index contributed by atoms with van der Waals surface area (Å²) >= 11 is 11.8. The van der Waals surface area contributed by atoms with Gasteiger partial charge in [-0.25, -0.2) is 0 Å². The van der Waals surface area contributed by atoms with Gasteiger partial charge in [-0.05, 0) is 24.1 Å². The zero-order chi connectivity index (χ0) is 14.7. The van der Waals surface area contributed by atoms with Gasteiger partial charge in [0.1, 0.15) is 6.04 Å². The molecule has 1 aliphatic rings. The van der Waals surface area contributed by atoms with E-state index < -0.39 is 0 Å². The van der Waals surface area contributed by atoms with Crippen LogP contribution in [0.1, 0.15) is 18.9 Å². The van der Waals surface area contributed by atoms with Crippen molar-refractivity contribution in [3.8, 4) is 0 Å². The minimum Gasteiger partial charge on any atom is -0.353 e. The number of hydrogen-bond donors (Lipinski definition) is 1. The minimum atomic E-state index is -0.376. The summed E-state index contributed by atoms with van der Waals surface area (Å²) in [7, 11) is 0. The Hall–Kier alpha value is -1.26. The number of rotatable bonds is 3. The van der Waals surface area contributed by atoms with Gasteiger partial charge in [0.2, 0.25) is 11.8 Å². The van der Waals surface area contributed by atoms with Crippen LogP contribution in [0.15, 0.2) is 18.2 Å².